The smallest absolute Gasteiger partial charge is 0.0717 e. The number of hydrogen-bond acceptors (Lipinski definition) is 3. The van der Waals surface area contributed by atoms with E-state index in [2.05, 4.69) is 4.98 Å². The van der Waals surface area contributed by atoms with Gasteiger partial charge >= 0.3 is 0 Å². The quantitative estimate of drug-likeness (QED) is 0.849. The molecule has 2 rings (SSSR count). The second kappa shape index (κ2) is 7.34. The lowest BCUT2D eigenvalue weighted by atomic mass is 9.84. The molecule has 0 bridgehead atoms. The summed E-state index contributed by atoms with van der Waals surface area (Å²) in [4.78, 5) is 4.08. The zero-order valence-corrected chi connectivity index (χ0v) is 12.7. The molecule has 0 saturated carbocycles. The molecule has 0 aliphatic rings. The first kappa shape index (κ1) is 15.7. The third-order valence-electron chi connectivity index (χ3n) is 3.64. The lowest BCUT2D eigenvalue weighted by molar-refractivity contribution is -0.0285. The fourth-order valence-corrected chi connectivity index (χ4v) is 2.12. The van der Waals surface area contributed by atoms with E-state index in [1.165, 1.54) is 0 Å². The fraction of sp³-hybridized carbons (Fsp3) is 0.389. The molecule has 1 heterocycles. The van der Waals surface area contributed by atoms with Gasteiger partial charge in [-0.15, -0.1) is 0 Å². The van der Waals surface area contributed by atoms with Crippen molar-refractivity contribution in [3.63, 3.8) is 0 Å². The van der Waals surface area contributed by atoms with Crippen molar-refractivity contribution in [1.82, 2.24) is 4.98 Å². The summed E-state index contributed by atoms with van der Waals surface area (Å²) in [7, 11) is 0. The molecule has 0 amide bonds. The molecule has 1 unspecified atom stereocenters. The molecule has 0 aliphatic carbocycles. The van der Waals surface area contributed by atoms with Gasteiger partial charge in [0.1, 0.15) is 0 Å². The van der Waals surface area contributed by atoms with Crippen molar-refractivity contribution in [2.75, 3.05) is 6.61 Å². The van der Waals surface area contributed by atoms with Crippen molar-refractivity contribution in [3.8, 4) is 0 Å². The standard InChI is InChI=1S/C18H23NO2/c1-18(2,14-21-13-15-7-4-3-5-8-15)17(20)11-16-9-6-10-19-12-16/h3-10,12,17,20H,11,13-14H2,1-2H3. The summed E-state index contributed by atoms with van der Waals surface area (Å²) in [5.41, 5.74) is 1.89. The number of rotatable bonds is 7. The van der Waals surface area contributed by atoms with E-state index in [1.807, 2.05) is 56.3 Å². The van der Waals surface area contributed by atoms with Gasteiger partial charge < -0.3 is 9.84 Å². The maximum Gasteiger partial charge on any atom is 0.0717 e. The molecular weight excluding hydrogens is 262 g/mol. The Labute approximate surface area is 126 Å². The van der Waals surface area contributed by atoms with Crippen molar-refractivity contribution in [2.45, 2.75) is 33.0 Å². The van der Waals surface area contributed by atoms with Crippen LogP contribution in [-0.4, -0.2) is 22.8 Å². The molecule has 1 aromatic heterocycles. The van der Waals surface area contributed by atoms with Crippen LogP contribution in [0.2, 0.25) is 0 Å². The van der Waals surface area contributed by atoms with Gasteiger partial charge in [-0.1, -0.05) is 50.2 Å². The second-order valence-corrected chi connectivity index (χ2v) is 6.05. The Kier molecular flexibility index (Phi) is 5.48. The van der Waals surface area contributed by atoms with Gasteiger partial charge in [0.15, 0.2) is 0 Å². The number of aromatic nitrogens is 1. The van der Waals surface area contributed by atoms with Gasteiger partial charge in [-0.2, -0.15) is 0 Å². The maximum absolute atomic E-state index is 10.4. The molecular formula is C18H23NO2. The third kappa shape index (κ3) is 4.96. The van der Waals surface area contributed by atoms with E-state index in [0.717, 1.165) is 11.1 Å². The predicted octanol–water partition coefficient (Wildman–Crippen LogP) is 3.23. The number of aliphatic hydroxyl groups excluding tert-OH is 1. The van der Waals surface area contributed by atoms with Crippen LogP contribution in [0.25, 0.3) is 0 Å². The highest BCUT2D eigenvalue weighted by molar-refractivity contribution is 5.13. The van der Waals surface area contributed by atoms with Gasteiger partial charge in [0, 0.05) is 24.2 Å². The minimum Gasteiger partial charge on any atom is -0.392 e. The number of ether oxygens (including phenoxy) is 1. The van der Waals surface area contributed by atoms with Crippen molar-refractivity contribution in [2.24, 2.45) is 5.41 Å². The molecule has 3 heteroatoms. The van der Waals surface area contributed by atoms with Gasteiger partial charge in [-0.3, -0.25) is 4.98 Å². The summed E-state index contributed by atoms with van der Waals surface area (Å²) >= 11 is 0. The van der Waals surface area contributed by atoms with Crippen molar-refractivity contribution in [3.05, 3.63) is 66.0 Å². The van der Waals surface area contributed by atoms with Gasteiger partial charge in [-0.05, 0) is 17.2 Å². The molecule has 112 valence electrons. The van der Waals surface area contributed by atoms with E-state index in [9.17, 15) is 5.11 Å². The largest absolute Gasteiger partial charge is 0.392 e. The van der Waals surface area contributed by atoms with Crippen LogP contribution in [0.3, 0.4) is 0 Å². The molecule has 1 N–H and O–H groups in total. The summed E-state index contributed by atoms with van der Waals surface area (Å²) in [6.45, 7) is 5.14. The van der Waals surface area contributed by atoms with E-state index in [-0.39, 0.29) is 5.41 Å². The summed E-state index contributed by atoms with van der Waals surface area (Å²) in [5, 5.41) is 10.4. The zero-order valence-electron chi connectivity index (χ0n) is 12.7. The molecule has 0 fully saturated rings. The highest BCUT2D eigenvalue weighted by Crippen LogP contribution is 2.24. The lowest BCUT2D eigenvalue weighted by Gasteiger charge is -2.30. The molecule has 1 atom stereocenters. The average Bonchev–Trinajstić information content (AvgIpc) is 2.49. The minimum atomic E-state index is -0.461. The number of hydrogen-bond donors (Lipinski definition) is 1. The van der Waals surface area contributed by atoms with Gasteiger partial charge in [0.05, 0.1) is 19.3 Å². The van der Waals surface area contributed by atoms with E-state index in [4.69, 9.17) is 4.74 Å². The number of nitrogens with zero attached hydrogens (tertiary/aromatic N) is 1. The Bertz CT molecular complexity index is 525. The van der Waals surface area contributed by atoms with Crippen LogP contribution in [0.5, 0.6) is 0 Å². The van der Waals surface area contributed by atoms with Crippen LogP contribution < -0.4 is 0 Å². The first-order chi connectivity index (χ1) is 10.1. The van der Waals surface area contributed by atoms with E-state index >= 15 is 0 Å². The van der Waals surface area contributed by atoms with Crippen LogP contribution in [0.1, 0.15) is 25.0 Å². The van der Waals surface area contributed by atoms with Crippen molar-refractivity contribution < 1.29 is 9.84 Å². The average molecular weight is 285 g/mol. The Morgan fingerprint density at radius 2 is 1.81 bits per heavy atom. The number of aliphatic hydroxyl groups is 1. The molecule has 0 saturated heterocycles. The minimum absolute atomic E-state index is 0.301. The van der Waals surface area contributed by atoms with Crippen LogP contribution in [0, 0.1) is 5.41 Å². The molecule has 3 nitrogen and oxygen atoms in total. The topological polar surface area (TPSA) is 42.4 Å². The van der Waals surface area contributed by atoms with Crippen LogP contribution in [0.15, 0.2) is 54.9 Å². The zero-order chi connectivity index (χ0) is 15.1. The molecule has 1 aromatic carbocycles. The van der Waals surface area contributed by atoms with Gasteiger partial charge in [0.2, 0.25) is 0 Å². The van der Waals surface area contributed by atoms with Gasteiger partial charge in [0.25, 0.3) is 0 Å². The normalized spacial score (nSPS) is 13.1. The monoisotopic (exact) mass is 285 g/mol. The first-order valence-corrected chi connectivity index (χ1v) is 7.26. The number of benzene rings is 1. The van der Waals surface area contributed by atoms with Crippen LogP contribution >= 0.6 is 0 Å². The van der Waals surface area contributed by atoms with E-state index < -0.39 is 6.10 Å². The SMILES string of the molecule is CC(C)(COCc1ccccc1)C(O)Cc1cccnc1. The van der Waals surface area contributed by atoms with E-state index in [0.29, 0.717) is 19.6 Å². The molecule has 0 aliphatic heterocycles. The predicted molar refractivity (Wildman–Crippen MR) is 83.8 cm³/mol. The van der Waals surface area contributed by atoms with Crippen LogP contribution in [0.4, 0.5) is 0 Å². The first-order valence-electron chi connectivity index (χ1n) is 7.26. The maximum atomic E-state index is 10.4. The molecule has 2 aromatic rings. The Morgan fingerprint density at radius 1 is 1.10 bits per heavy atom. The summed E-state index contributed by atoms with van der Waals surface area (Å²) < 4.78 is 5.77. The molecule has 0 spiro atoms. The summed E-state index contributed by atoms with van der Waals surface area (Å²) in [6.07, 6.45) is 3.67. The van der Waals surface area contributed by atoms with Crippen LogP contribution in [-0.2, 0) is 17.8 Å². The number of pyridine rings is 1. The summed E-state index contributed by atoms with van der Waals surface area (Å²) in [5.74, 6) is 0. The highest BCUT2D eigenvalue weighted by atomic mass is 16.5. The van der Waals surface area contributed by atoms with Gasteiger partial charge in [-0.25, -0.2) is 0 Å². The Balaban J connectivity index is 1.83. The molecule has 0 radical (unpaired) electrons. The fourth-order valence-electron chi connectivity index (χ4n) is 2.12. The second-order valence-electron chi connectivity index (χ2n) is 6.05. The summed E-state index contributed by atoms with van der Waals surface area (Å²) in [6, 6.07) is 13.9. The highest BCUT2D eigenvalue weighted by Gasteiger charge is 2.28. The third-order valence-corrected chi connectivity index (χ3v) is 3.64. The molecule has 21 heavy (non-hydrogen) atoms. The Hall–Kier alpha value is -1.71. The van der Waals surface area contributed by atoms with Crippen molar-refractivity contribution >= 4 is 0 Å². The van der Waals surface area contributed by atoms with E-state index in [1.54, 1.807) is 12.4 Å². The Morgan fingerprint density at radius 3 is 2.48 bits per heavy atom. The van der Waals surface area contributed by atoms with Crippen molar-refractivity contribution in [1.29, 1.82) is 0 Å². The lowest BCUT2D eigenvalue weighted by Crippen LogP contribution is -2.35.